The first-order valence-electron chi connectivity index (χ1n) is 17.0. The fourth-order valence-electron chi connectivity index (χ4n) is 6.54. The van der Waals surface area contributed by atoms with Crippen LogP contribution in [-0.4, -0.2) is 67.6 Å². The topological polar surface area (TPSA) is 148 Å². The van der Waals surface area contributed by atoms with Crippen LogP contribution in [0.2, 0.25) is 22.2 Å². The van der Waals surface area contributed by atoms with Gasteiger partial charge < -0.3 is 14.5 Å². The van der Waals surface area contributed by atoms with Gasteiger partial charge in [-0.05, 0) is 38.5 Å². The molecule has 4 rings (SSSR count). The molecule has 0 spiro atoms. The lowest BCUT2D eigenvalue weighted by atomic mass is 10.1. The van der Waals surface area contributed by atoms with Crippen LogP contribution in [0.1, 0.15) is 92.2 Å². The minimum Gasteiger partial charge on any atom is -0.427 e. The maximum absolute atomic E-state index is 11.9. The second-order valence-corrected chi connectivity index (χ2v) is 23.0. The minimum absolute atomic E-state index is 0.0410. The molecule has 2 aliphatic heterocycles. The van der Waals surface area contributed by atoms with Gasteiger partial charge in [0, 0.05) is 25.7 Å². The zero-order chi connectivity index (χ0) is 36.6. The zero-order valence-electron chi connectivity index (χ0n) is 29.9. The smallest absolute Gasteiger partial charge is 0.337 e. The average molecular weight is 711 g/mol. The number of nitrogens with zero attached hydrogens (tertiary/aromatic N) is 2. The van der Waals surface area contributed by atoms with Crippen molar-refractivity contribution in [1.82, 2.24) is 10.1 Å². The summed E-state index contributed by atoms with van der Waals surface area (Å²) < 4.78 is 0. The number of carbonyl (C=O) groups is 6. The first-order chi connectivity index (χ1) is 22.9. The third-order valence-corrected chi connectivity index (χ3v) is 17.9. The molecule has 0 unspecified atom stereocenters. The molecule has 0 atom stereocenters. The highest BCUT2D eigenvalue weighted by molar-refractivity contribution is 6.87. The van der Waals surface area contributed by atoms with E-state index in [1.165, 1.54) is 5.19 Å². The Bertz CT molecular complexity index is 1470. The number of rotatable bonds is 12. The summed E-state index contributed by atoms with van der Waals surface area (Å²) in [6.07, 6.45) is 0.380. The molecule has 11 nitrogen and oxygen atoms in total. The van der Waals surface area contributed by atoms with E-state index in [9.17, 15) is 33.6 Å². The molecule has 2 aromatic carbocycles. The summed E-state index contributed by atoms with van der Waals surface area (Å²) in [7, 11) is -3.66. The maximum Gasteiger partial charge on any atom is 0.337 e. The molecule has 0 aliphatic carbocycles. The second-order valence-electron chi connectivity index (χ2n) is 14.0. The fraction of sp³-hybridized carbons (Fsp3) is 0.500. The number of hydroxylamine groups is 4. The van der Waals surface area contributed by atoms with E-state index in [0.29, 0.717) is 26.8 Å². The number of amides is 4. The number of hydrogen-bond donors (Lipinski definition) is 1. The Labute approximate surface area is 291 Å². The predicted molar refractivity (Wildman–Crippen MR) is 189 cm³/mol. The molecule has 266 valence electrons. The Kier molecular flexibility index (Phi) is 13.8. The molecule has 0 aromatic heterocycles. The zero-order valence-corrected chi connectivity index (χ0v) is 32.0. The fourth-order valence-corrected chi connectivity index (χ4v) is 13.6. The van der Waals surface area contributed by atoms with E-state index >= 15 is 0 Å². The number of imide groups is 2. The normalized spacial score (nSPS) is 15.2. The minimum atomic E-state index is -2.60. The first-order valence-corrected chi connectivity index (χ1v) is 21.0. The first kappa shape index (κ1) is 39.5. The van der Waals surface area contributed by atoms with Crippen LogP contribution in [0.25, 0.3) is 0 Å². The molecule has 0 saturated carbocycles. The standard InChI is InChI=1S/C18H25NO5Si.C18H25NO4Si/c1-12(2)25(23,13(3)4)15-7-5-14(6-8-15)11-18(22)24-19-16(20)9-10-17(19)21;1-12(2)24(13(3)4)15-7-5-14(6-8-15)11-18(22)23-19-16(20)9-10-17(19)21/h5-8,12-13,23H,9-11H2,1-4H3;5-8,12-13,24H,9-11H2,1-4H3. The largest absolute Gasteiger partial charge is 0.427 e. The lowest BCUT2D eigenvalue weighted by Gasteiger charge is -2.33. The van der Waals surface area contributed by atoms with Crippen LogP contribution >= 0.6 is 0 Å². The molecule has 0 radical (unpaired) electrons. The van der Waals surface area contributed by atoms with Gasteiger partial charge in [0.05, 0.1) is 21.6 Å². The second kappa shape index (κ2) is 17.1. The van der Waals surface area contributed by atoms with Gasteiger partial charge in [-0.2, -0.15) is 0 Å². The van der Waals surface area contributed by atoms with Crippen LogP contribution in [0.5, 0.6) is 0 Å². The third-order valence-electron chi connectivity index (χ3n) is 9.07. The number of benzene rings is 2. The molecular weight excluding hydrogens is 661 g/mol. The summed E-state index contributed by atoms with van der Waals surface area (Å²) in [5, 5.41) is 3.47. The molecule has 2 heterocycles. The molecule has 13 heteroatoms. The van der Waals surface area contributed by atoms with Gasteiger partial charge >= 0.3 is 11.9 Å². The Balaban J connectivity index is 0.000000266. The van der Waals surface area contributed by atoms with Crippen molar-refractivity contribution in [3.8, 4) is 0 Å². The quantitative estimate of drug-likeness (QED) is 0.256. The Morgan fingerprint density at radius 2 is 0.959 bits per heavy atom. The molecule has 0 bridgehead atoms. The van der Waals surface area contributed by atoms with Gasteiger partial charge in [-0.25, -0.2) is 9.59 Å². The van der Waals surface area contributed by atoms with Crippen LogP contribution in [-0.2, 0) is 51.3 Å². The maximum atomic E-state index is 11.9. The third kappa shape index (κ3) is 10.0. The van der Waals surface area contributed by atoms with Crippen molar-refractivity contribution in [3.05, 3.63) is 59.7 Å². The van der Waals surface area contributed by atoms with Crippen LogP contribution in [0, 0.1) is 0 Å². The highest BCUT2D eigenvalue weighted by atomic mass is 28.4. The number of hydrogen-bond acceptors (Lipinski definition) is 9. The van der Waals surface area contributed by atoms with Crippen molar-refractivity contribution in [2.24, 2.45) is 0 Å². The van der Waals surface area contributed by atoms with Crippen LogP contribution in [0.4, 0.5) is 0 Å². The van der Waals surface area contributed by atoms with Crippen LogP contribution < -0.4 is 10.4 Å². The van der Waals surface area contributed by atoms with Gasteiger partial charge in [0.15, 0.2) is 0 Å². The summed E-state index contributed by atoms with van der Waals surface area (Å²) in [5.74, 6) is -3.13. The highest BCUT2D eigenvalue weighted by Gasteiger charge is 2.40. The van der Waals surface area contributed by atoms with E-state index in [2.05, 4.69) is 39.8 Å². The van der Waals surface area contributed by atoms with Gasteiger partial charge in [-0.15, -0.1) is 10.1 Å². The van der Waals surface area contributed by atoms with E-state index in [0.717, 1.165) is 10.8 Å². The molecule has 2 fully saturated rings. The summed E-state index contributed by atoms with van der Waals surface area (Å²) in [5.41, 5.74) is 3.23. The van der Waals surface area contributed by atoms with Crippen molar-refractivity contribution in [2.75, 3.05) is 0 Å². The molecule has 1 N–H and O–H groups in total. The SMILES string of the molecule is CC(C)[SiH](c1ccc(CC(=O)ON2C(=O)CCC2=O)cc1)C(C)C.CC(C)[Si](O)(c1ccc(CC(=O)ON2C(=O)CCC2=O)cc1)C(C)C. The Morgan fingerprint density at radius 1 is 0.633 bits per heavy atom. The van der Waals surface area contributed by atoms with Crippen LogP contribution in [0.15, 0.2) is 48.5 Å². The lowest BCUT2D eigenvalue weighted by molar-refractivity contribution is -0.197. The summed E-state index contributed by atoms with van der Waals surface area (Å²) in [6.45, 7) is 17.2. The summed E-state index contributed by atoms with van der Waals surface area (Å²) in [4.78, 5) is 90.6. The predicted octanol–water partition coefficient (Wildman–Crippen LogP) is 3.89. The van der Waals surface area contributed by atoms with Crippen molar-refractivity contribution >= 4 is 63.1 Å². The average Bonchev–Trinajstić information content (AvgIpc) is 3.52. The van der Waals surface area contributed by atoms with E-state index in [-0.39, 0.29) is 49.6 Å². The Morgan fingerprint density at radius 3 is 1.27 bits per heavy atom. The van der Waals surface area contributed by atoms with E-state index in [1.807, 2.05) is 52.0 Å². The van der Waals surface area contributed by atoms with Gasteiger partial charge in [0.25, 0.3) is 23.6 Å². The van der Waals surface area contributed by atoms with Gasteiger partial charge in [0.2, 0.25) is 8.32 Å². The number of carbonyl (C=O) groups excluding carboxylic acids is 6. The van der Waals surface area contributed by atoms with Gasteiger partial charge in [-0.1, -0.05) is 109 Å². The molecule has 2 aromatic rings. The van der Waals surface area contributed by atoms with Crippen molar-refractivity contribution in [2.45, 2.75) is 116 Å². The molecule has 2 saturated heterocycles. The Hall–Kier alpha value is -3.95. The van der Waals surface area contributed by atoms with Crippen molar-refractivity contribution < 1.29 is 43.2 Å². The molecular formula is C36H50N2O9Si2. The lowest BCUT2D eigenvalue weighted by Crippen LogP contribution is -2.53. The van der Waals surface area contributed by atoms with Crippen LogP contribution in [0.3, 0.4) is 0 Å². The van der Waals surface area contributed by atoms with Gasteiger partial charge in [0.1, 0.15) is 0 Å². The highest BCUT2D eigenvalue weighted by Crippen LogP contribution is 2.29. The van der Waals surface area contributed by atoms with E-state index in [4.69, 9.17) is 9.68 Å². The van der Waals surface area contributed by atoms with Gasteiger partial charge in [-0.3, -0.25) is 19.2 Å². The van der Waals surface area contributed by atoms with E-state index < -0.39 is 52.7 Å². The molecule has 4 amide bonds. The monoisotopic (exact) mass is 710 g/mol. The summed E-state index contributed by atoms with van der Waals surface area (Å²) >= 11 is 0. The molecule has 49 heavy (non-hydrogen) atoms. The van der Waals surface area contributed by atoms with E-state index in [1.54, 1.807) is 12.1 Å². The summed E-state index contributed by atoms with van der Waals surface area (Å²) in [6, 6.07) is 15.4. The van der Waals surface area contributed by atoms with Crippen molar-refractivity contribution in [3.63, 3.8) is 0 Å². The molecule has 2 aliphatic rings. The van der Waals surface area contributed by atoms with Crippen molar-refractivity contribution in [1.29, 1.82) is 0 Å².